The molecule has 0 saturated carbocycles. The number of ketones is 2. The van der Waals surface area contributed by atoms with Crippen molar-refractivity contribution in [1.29, 1.82) is 0 Å². The van der Waals surface area contributed by atoms with Crippen LogP contribution in [0.4, 0.5) is 22.7 Å². The van der Waals surface area contributed by atoms with Gasteiger partial charge in [-0.15, -0.1) is 0 Å². The van der Waals surface area contributed by atoms with Crippen LogP contribution in [0.1, 0.15) is 24.3 Å². The molecule has 1 heterocycles. The maximum absolute atomic E-state index is 14.2. The molecule has 0 bridgehead atoms. The standard InChI is InChI=1S/C38H33BrN4O6/c1-42(2)24-9-5-22(6-10-24)40-41-23-7-11-25(12-8-23)43-37(47)28-16-15-27-29(34(28)38(43)48)19-30-35(32(45)20-31(39)36(30)46)33(27)21-3-13-26(14-4-21)49-18-17-44/h3-15,20,28-29,33-34,44H,16-19H2,1-2H3/t28-,29+,33-,34-/m0/s1. The van der Waals surface area contributed by atoms with Crippen molar-refractivity contribution >= 4 is 62.1 Å². The van der Waals surface area contributed by atoms with Crippen LogP contribution in [0, 0.1) is 17.8 Å². The summed E-state index contributed by atoms with van der Waals surface area (Å²) < 4.78 is 5.72. The first-order valence-corrected chi connectivity index (χ1v) is 16.9. The number of hydrogen-bond donors (Lipinski definition) is 1. The molecule has 7 rings (SSSR count). The Balaban J connectivity index is 1.17. The molecule has 49 heavy (non-hydrogen) atoms. The highest BCUT2D eigenvalue weighted by Crippen LogP contribution is 2.55. The molecule has 3 aliphatic carbocycles. The van der Waals surface area contributed by atoms with Crippen molar-refractivity contribution in [1.82, 2.24) is 0 Å². The summed E-state index contributed by atoms with van der Waals surface area (Å²) in [6.45, 7) is 0.0202. The fraction of sp³-hybridized carbons (Fsp3) is 0.263. The van der Waals surface area contributed by atoms with Crippen LogP contribution in [0.5, 0.6) is 5.75 Å². The normalized spacial score (nSPS) is 23.3. The summed E-state index contributed by atoms with van der Waals surface area (Å²) >= 11 is 3.27. The topological polar surface area (TPSA) is 129 Å². The Bertz CT molecular complexity index is 1980. The molecule has 4 atom stereocenters. The summed E-state index contributed by atoms with van der Waals surface area (Å²) in [5.74, 6) is -2.86. The minimum atomic E-state index is -0.687. The summed E-state index contributed by atoms with van der Waals surface area (Å²) in [5.41, 5.74) is 5.19. The molecule has 10 nitrogen and oxygen atoms in total. The second-order valence-corrected chi connectivity index (χ2v) is 13.5. The van der Waals surface area contributed by atoms with Gasteiger partial charge in [0.25, 0.3) is 0 Å². The smallest absolute Gasteiger partial charge is 0.238 e. The Morgan fingerprint density at radius 2 is 1.53 bits per heavy atom. The molecule has 0 radical (unpaired) electrons. The van der Waals surface area contributed by atoms with Gasteiger partial charge in [0.05, 0.1) is 40.0 Å². The number of hydrogen-bond acceptors (Lipinski definition) is 9. The molecule has 248 valence electrons. The summed E-state index contributed by atoms with van der Waals surface area (Å²) in [5, 5.41) is 17.8. The molecule has 1 saturated heterocycles. The van der Waals surface area contributed by atoms with Gasteiger partial charge in [-0.1, -0.05) is 23.8 Å². The number of Topliss-reactive ketones (excluding diaryl/α,β-unsaturated/α-hetero) is 1. The van der Waals surface area contributed by atoms with Crippen LogP contribution in [0.25, 0.3) is 0 Å². The zero-order chi connectivity index (χ0) is 34.4. The number of allylic oxidation sites excluding steroid dienone is 6. The SMILES string of the molecule is CN(C)c1ccc(N=Nc2ccc(N3C(=O)[C@H]4[C@H](CC=C5[C@H](c6ccc(OCCO)cc6)C6=C(C[C@H]54)C(=O)C(Br)=CC6=O)C3=O)cc2)cc1. The van der Waals surface area contributed by atoms with Gasteiger partial charge in [0.15, 0.2) is 11.6 Å². The van der Waals surface area contributed by atoms with E-state index in [-0.39, 0.29) is 47.5 Å². The average molecular weight is 722 g/mol. The van der Waals surface area contributed by atoms with Gasteiger partial charge in [-0.05, 0) is 101 Å². The number of rotatable bonds is 8. The molecule has 11 heteroatoms. The second kappa shape index (κ2) is 13.1. The van der Waals surface area contributed by atoms with Crippen LogP contribution < -0.4 is 14.5 Å². The quantitative estimate of drug-likeness (QED) is 0.122. The van der Waals surface area contributed by atoms with Crippen molar-refractivity contribution in [2.45, 2.75) is 18.8 Å². The van der Waals surface area contributed by atoms with Crippen molar-refractivity contribution < 1.29 is 29.0 Å². The number of carbonyl (C=O) groups excluding carboxylic acids is 4. The maximum atomic E-state index is 14.2. The molecule has 3 aromatic rings. The number of benzene rings is 3. The molecular weight excluding hydrogens is 688 g/mol. The molecule has 4 aliphatic rings. The number of azo groups is 1. The van der Waals surface area contributed by atoms with E-state index < -0.39 is 23.7 Å². The van der Waals surface area contributed by atoms with Crippen molar-refractivity contribution in [3.8, 4) is 5.75 Å². The van der Waals surface area contributed by atoms with Gasteiger partial charge in [-0.3, -0.25) is 24.1 Å². The van der Waals surface area contributed by atoms with E-state index in [1.165, 1.54) is 11.0 Å². The van der Waals surface area contributed by atoms with E-state index in [0.29, 0.717) is 40.4 Å². The summed E-state index contributed by atoms with van der Waals surface area (Å²) in [6, 6.07) is 21.7. The summed E-state index contributed by atoms with van der Waals surface area (Å²) in [6.07, 6.45) is 3.83. The lowest BCUT2D eigenvalue weighted by molar-refractivity contribution is -0.123. The van der Waals surface area contributed by atoms with E-state index in [2.05, 4.69) is 26.2 Å². The molecule has 0 spiro atoms. The number of halogens is 1. The molecule has 0 unspecified atom stereocenters. The van der Waals surface area contributed by atoms with Crippen LogP contribution >= 0.6 is 15.9 Å². The molecule has 1 N–H and O–H groups in total. The van der Waals surface area contributed by atoms with E-state index in [9.17, 15) is 19.2 Å². The molecular formula is C38H33BrN4O6. The van der Waals surface area contributed by atoms with Gasteiger partial charge < -0.3 is 14.7 Å². The van der Waals surface area contributed by atoms with Crippen molar-refractivity contribution in [3.05, 3.63) is 112 Å². The van der Waals surface area contributed by atoms with Gasteiger partial charge in [0.2, 0.25) is 11.8 Å². The molecule has 1 fully saturated rings. The minimum Gasteiger partial charge on any atom is -0.491 e. The number of aliphatic hydroxyl groups is 1. The van der Waals surface area contributed by atoms with Crippen LogP contribution in [-0.4, -0.2) is 55.8 Å². The minimum absolute atomic E-state index is 0.124. The van der Waals surface area contributed by atoms with E-state index >= 15 is 0 Å². The Morgan fingerprint density at radius 3 is 2.16 bits per heavy atom. The maximum Gasteiger partial charge on any atom is 0.238 e. The zero-order valence-electron chi connectivity index (χ0n) is 26.9. The number of ether oxygens (including phenoxy) is 1. The fourth-order valence-electron chi connectivity index (χ4n) is 7.36. The first kappa shape index (κ1) is 32.5. The zero-order valence-corrected chi connectivity index (χ0v) is 28.5. The first-order chi connectivity index (χ1) is 23.7. The van der Waals surface area contributed by atoms with Crippen LogP contribution in [0.3, 0.4) is 0 Å². The Kier molecular flexibility index (Phi) is 8.72. The number of fused-ring (bicyclic) bond motifs is 3. The van der Waals surface area contributed by atoms with Gasteiger partial charge in [-0.2, -0.15) is 10.2 Å². The van der Waals surface area contributed by atoms with Gasteiger partial charge in [-0.25, -0.2) is 0 Å². The molecule has 1 aliphatic heterocycles. The van der Waals surface area contributed by atoms with Gasteiger partial charge in [0, 0.05) is 42.9 Å². The average Bonchev–Trinajstić information content (AvgIpc) is 3.37. The van der Waals surface area contributed by atoms with E-state index in [1.54, 1.807) is 36.4 Å². The lowest BCUT2D eigenvalue weighted by Crippen LogP contribution is -2.39. The summed E-state index contributed by atoms with van der Waals surface area (Å²) in [7, 11) is 3.93. The number of carbonyl (C=O) groups is 4. The van der Waals surface area contributed by atoms with Crippen LogP contribution in [0.2, 0.25) is 0 Å². The van der Waals surface area contributed by atoms with E-state index in [1.807, 2.05) is 61.5 Å². The van der Waals surface area contributed by atoms with Gasteiger partial charge in [0.1, 0.15) is 12.4 Å². The van der Waals surface area contributed by atoms with E-state index in [0.717, 1.165) is 16.8 Å². The number of anilines is 2. The van der Waals surface area contributed by atoms with Crippen LogP contribution in [-0.2, 0) is 19.2 Å². The first-order valence-electron chi connectivity index (χ1n) is 16.1. The third-order valence-electron chi connectivity index (χ3n) is 9.66. The van der Waals surface area contributed by atoms with E-state index in [4.69, 9.17) is 9.84 Å². The predicted octanol–water partition coefficient (Wildman–Crippen LogP) is 6.51. The second-order valence-electron chi connectivity index (χ2n) is 12.7. The number of nitrogens with zero attached hydrogens (tertiary/aromatic N) is 4. The Labute approximate surface area is 291 Å². The fourth-order valence-corrected chi connectivity index (χ4v) is 7.81. The lowest BCUT2D eigenvalue weighted by atomic mass is 9.59. The molecule has 0 aromatic heterocycles. The highest BCUT2D eigenvalue weighted by molar-refractivity contribution is 9.12. The highest BCUT2D eigenvalue weighted by atomic mass is 79.9. The monoisotopic (exact) mass is 720 g/mol. The number of aliphatic hydroxyl groups excluding tert-OH is 1. The van der Waals surface area contributed by atoms with Crippen molar-refractivity contribution in [3.63, 3.8) is 0 Å². The van der Waals surface area contributed by atoms with Crippen molar-refractivity contribution in [2.75, 3.05) is 37.1 Å². The highest BCUT2D eigenvalue weighted by Gasteiger charge is 2.56. The predicted molar refractivity (Wildman–Crippen MR) is 187 cm³/mol. The number of amides is 2. The van der Waals surface area contributed by atoms with Gasteiger partial charge >= 0.3 is 0 Å². The lowest BCUT2D eigenvalue weighted by Gasteiger charge is -2.42. The largest absolute Gasteiger partial charge is 0.491 e. The molecule has 3 aromatic carbocycles. The molecule has 2 amide bonds. The van der Waals surface area contributed by atoms with Crippen molar-refractivity contribution in [2.24, 2.45) is 28.0 Å². The number of imide groups is 1. The third kappa shape index (κ3) is 5.87. The van der Waals surface area contributed by atoms with Crippen LogP contribution in [0.15, 0.2) is 116 Å². The summed E-state index contributed by atoms with van der Waals surface area (Å²) in [4.78, 5) is 58.3. The Hall–Kier alpha value is -5.00. The Morgan fingerprint density at radius 1 is 0.878 bits per heavy atom. The third-order valence-corrected chi connectivity index (χ3v) is 10.2.